The van der Waals surface area contributed by atoms with Crippen molar-refractivity contribution in [1.29, 1.82) is 0 Å². The van der Waals surface area contributed by atoms with Crippen molar-refractivity contribution in [3.05, 3.63) is 72.3 Å². The maximum Gasteiger partial charge on any atom is 0.337 e. The van der Waals surface area contributed by atoms with Crippen LogP contribution in [0, 0.1) is 0 Å². The highest BCUT2D eigenvalue weighted by Gasteiger charge is 2.26. The summed E-state index contributed by atoms with van der Waals surface area (Å²) in [4.78, 5) is 30.2. The number of fused-ring (bicyclic) bond motifs is 1. The predicted molar refractivity (Wildman–Crippen MR) is 109 cm³/mol. The largest absolute Gasteiger partial charge is 0.488 e. The van der Waals surface area contributed by atoms with Crippen molar-refractivity contribution < 1.29 is 19.4 Å². The van der Waals surface area contributed by atoms with Crippen molar-refractivity contribution in [2.45, 2.75) is 0 Å². The maximum absolute atomic E-state index is 12.8. The molecule has 2 heterocycles. The molecule has 0 bridgehead atoms. The second kappa shape index (κ2) is 7.89. The van der Waals surface area contributed by atoms with Gasteiger partial charge in [-0.2, -0.15) is 0 Å². The fraction of sp³-hybridized carbons (Fsp3) is 0.0952. The van der Waals surface area contributed by atoms with Crippen LogP contribution in [0.1, 0.15) is 10.4 Å². The molecule has 0 unspecified atom stereocenters. The van der Waals surface area contributed by atoms with E-state index in [2.05, 4.69) is 15.6 Å². The molecule has 3 aromatic rings. The summed E-state index contributed by atoms with van der Waals surface area (Å²) in [5.74, 6) is 0.206. The summed E-state index contributed by atoms with van der Waals surface area (Å²) in [6.45, 7) is 0.694. The normalized spacial score (nSPS) is 12.5. The summed E-state index contributed by atoms with van der Waals surface area (Å²) in [5.41, 5.74) is 1.21. The third kappa shape index (κ3) is 3.96. The van der Waals surface area contributed by atoms with Crippen LogP contribution in [0.3, 0.4) is 0 Å². The Morgan fingerprint density at radius 3 is 2.55 bits per heavy atom. The average Bonchev–Trinajstić information content (AvgIpc) is 2.74. The van der Waals surface area contributed by atoms with Gasteiger partial charge in [-0.3, -0.25) is 4.90 Å². The number of benzene rings is 2. The van der Waals surface area contributed by atoms with E-state index in [4.69, 9.17) is 4.74 Å². The van der Waals surface area contributed by atoms with Gasteiger partial charge in [-0.15, -0.1) is 0 Å². The van der Waals surface area contributed by atoms with Crippen LogP contribution in [0.5, 0.6) is 5.75 Å². The standard InChI is InChI=1S/C21H18N4O4/c26-20(27)15-8-4-5-9-16(15)23-18-11-10-17-19(24-18)25(12-13-29-17)21(28)22-14-6-2-1-3-7-14/h1-11H,12-13H2,(H,22,28)(H,23,24)(H,26,27). The summed E-state index contributed by atoms with van der Waals surface area (Å²) in [7, 11) is 0. The molecule has 0 saturated heterocycles. The molecule has 29 heavy (non-hydrogen) atoms. The Morgan fingerprint density at radius 1 is 1.00 bits per heavy atom. The van der Waals surface area contributed by atoms with Crippen LogP contribution < -0.4 is 20.3 Å². The van der Waals surface area contributed by atoms with Gasteiger partial charge >= 0.3 is 12.0 Å². The molecular formula is C21H18N4O4. The molecule has 8 nitrogen and oxygen atoms in total. The van der Waals surface area contributed by atoms with E-state index in [0.717, 1.165) is 0 Å². The minimum Gasteiger partial charge on any atom is -0.488 e. The Kier molecular flexibility index (Phi) is 4.98. The smallest absolute Gasteiger partial charge is 0.337 e. The number of hydrogen-bond acceptors (Lipinski definition) is 5. The molecule has 0 saturated carbocycles. The van der Waals surface area contributed by atoms with E-state index < -0.39 is 5.97 Å². The Bertz CT molecular complexity index is 1060. The second-order valence-corrected chi connectivity index (χ2v) is 6.29. The van der Waals surface area contributed by atoms with Gasteiger partial charge in [0.05, 0.1) is 17.8 Å². The molecule has 146 valence electrons. The summed E-state index contributed by atoms with van der Waals surface area (Å²) in [6.07, 6.45) is 0. The highest BCUT2D eigenvalue weighted by Crippen LogP contribution is 2.32. The molecule has 1 aromatic heterocycles. The number of anilines is 4. The van der Waals surface area contributed by atoms with Gasteiger partial charge in [0.15, 0.2) is 11.6 Å². The van der Waals surface area contributed by atoms with Crippen molar-refractivity contribution in [2.75, 3.05) is 28.7 Å². The number of carboxylic acid groups (broad SMARTS) is 1. The minimum atomic E-state index is -1.04. The Balaban J connectivity index is 1.60. The molecule has 0 aliphatic carbocycles. The zero-order valence-electron chi connectivity index (χ0n) is 15.3. The van der Waals surface area contributed by atoms with Crippen LogP contribution in [0.25, 0.3) is 0 Å². The van der Waals surface area contributed by atoms with Gasteiger partial charge in [-0.25, -0.2) is 14.6 Å². The molecule has 0 radical (unpaired) electrons. The summed E-state index contributed by atoms with van der Waals surface area (Å²) in [5, 5.41) is 15.2. The number of aromatic nitrogens is 1. The number of nitrogens with zero attached hydrogens (tertiary/aromatic N) is 2. The van der Waals surface area contributed by atoms with Crippen molar-refractivity contribution in [1.82, 2.24) is 4.98 Å². The number of para-hydroxylation sites is 2. The first kappa shape index (κ1) is 18.3. The first-order valence-electron chi connectivity index (χ1n) is 8.98. The number of ether oxygens (including phenoxy) is 1. The van der Waals surface area contributed by atoms with Gasteiger partial charge in [0, 0.05) is 5.69 Å². The van der Waals surface area contributed by atoms with Crippen molar-refractivity contribution in [3.63, 3.8) is 0 Å². The molecule has 3 N–H and O–H groups in total. The van der Waals surface area contributed by atoms with Gasteiger partial charge in [-0.1, -0.05) is 30.3 Å². The third-order valence-corrected chi connectivity index (χ3v) is 4.36. The van der Waals surface area contributed by atoms with Gasteiger partial charge in [0.2, 0.25) is 0 Å². The summed E-state index contributed by atoms with van der Waals surface area (Å²) in [6, 6.07) is 18.7. The molecule has 2 amide bonds. The quantitative estimate of drug-likeness (QED) is 0.623. The van der Waals surface area contributed by atoms with E-state index >= 15 is 0 Å². The number of rotatable bonds is 4. The van der Waals surface area contributed by atoms with E-state index in [9.17, 15) is 14.7 Å². The lowest BCUT2D eigenvalue weighted by atomic mass is 10.2. The molecule has 8 heteroatoms. The monoisotopic (exact) mass is 390 g/mol. The molecule has 1 aliphatic rings. The van der Waals surface area contributed by atoms with E-state index in [-0.39, 0.29) is 11.6 Å². The van der Waals surface area contributed by atoms with Gasteiger partial charge < -0.3 is 20.5 Å². The molecular weight excluding hydrogens is 372 g/mol. The predicted octanol–water partition coefficient (Wildman–Crippen LogP) is 3.95. The number of carbonyl (C=O) groups is 2. The first-order chi connectivity index (χ1) is 14.1. The second-order valence-electron chi connectivity index (χ2n) is 6.29. The number of carboxylic acids is 1. The van der Waals surface area contributed by atoms with Crippen LogP contribution in [0.2, 0.25) is 0 Å². The highest BCUT2D eigenvalue weighted by atomic mass is 16.5. The fourth-order valence-corrected chi connectivity index (χ4v) is 2.99. The van der Waals surface area contributed by atoms with Gasteiger partial charge in [0.1, 0.15) is 12.4 Å². The van der Waals surface area contributed by atoms with Gasteiger partial charge in [0.25, 0.3) is 0 Å². The maximum atomic E-state index is 12.8. The van der Waals surface area contributed by atoms with E-state index in [1.54, 1.807) is 42.5 Å². The molecule has 4 rings (SSSR count). The van der Waals surface area contributed by atoms with Crippen LogP contribution in [-0.4, -0.2) is 35.2 Å². The fourth-order valence-electron chi connectivity index (χ4n) is 2.99. The van der Waals surface area contributed by atoms with E-state index in [1.165, 1.54) is 11.0 Å². The molecule has 1 aliphatic heterocycles. The molecule has 0 atom stereocenters. The number of carbonyl (C=O) groups excluding carboxylic acids is 1. The van der Waals surface area contributed by atoms with Crippen LogP contribution >= 0.6 is 0 Å². The highest BCUT2D eigenvalue weighted by molar-refractivity contribution is 6.02. The molecule has 0 fully saturated rings. The molecule has 0 spiro atoms. The van der Waals surface area contributed by atoms with Crippen molar-refractivity contribution in [3.8, 4) is 5.75 Å². The van der Waals surface area contributed by atoms with Crippen LogP contribution in [-0.2, 0) is 0 Å². The SMILES string of the molecule is O=C(O)c1ccccc1Nc1ccc2c(n1)N(C(=O)Nc1ccccc1)CCO2. The summed E-state index contributed by atoms with van der Waals surface area (Å²) < 4.78 is 5.62. The third-order valence-electron chi connectivity index (χ3n) is 4.36. The van der Waals surface area contributed by atoms with Gasteiger partial charge in [-0.05, 0) is 36.4 Å². The lowest BCUT2D eigenvalue weighted by molar-refractivity contribution is 0.0698. The van der Waals surface area contributed by atoms with Crippen LogP contribution in [0.15, 0.2) is 66.7 Å². The van der Waals surface area contributed by atoms with Crippen molar-refractivity contribution in [2.24, 2.45) is 0 Å². The van der Waals surface area contributed by atoms with Crippen molar-refractivity contribution >= 4 is 35.0 Å². The number of amides is 2. The number of pyridine rings is 1. The average molecular weight is 390 g/mol. The van der Waals surface area contributed by atoms with Crippen LogP contribution in [0.4, 0.5) is 27.8 Å². The zero-order chi connectivity index (χ0) is 20.2. The lowest BCUT2D eigenvalue weighted by Gasteiger charge is -2.29. The Morgan fingerprint density at radius 2 is 1.76 bits per heavy atom. The first-order valence-corrected chi connectivity index (χ1v) is 8.98. The number of urea groups is 1. The number of aromatic carboxylic acids is 1. The number of hydrogen-bond donors (Lipinski definition) is 3. The summed E-state index contributed by atoms with van der Waals surface area (Å²) >= 11 is 0. The van der Waals surface area contributed by atoms with E-state index in [0.29, 0.717) is 41.9 Å². The Labute approximate surface area is 166 Å². The number of nitrogens with one attached hydrogen (secondary N) is 2. The van der Waals surface area contributed by atoms with E-state index in [1.807, 2.05) is 18.2 Å². The Hall–Kier alpha value is -4.07. The zero-order valence-corrected chi connectivity index (χ0v) is 15.3. The topological polar surface area (TPSA) is 104 Å². The lowest BCUT2D eigenvalue weighted by Crippen LogP contribution is -2.41. The molecule has 2 aromatic carbocycles. The minimum absolute atomic E-state index is 0.127.